The van der Waals surface area contributed by atoms with Gasteiger partial charge in [-0.2, -0.15) is 5.26 Å². The standard InChI is InChI=1S/C16H18N6O/c17-6-3-14(23)21-8-1-2-12-13(21)5-9-22(12)16-11-4-7-18-15(11)19-10-20-16/h4,7,10,12-13H,1-3,5,8-9H2,(H,18,19,20)/t12-,13-/m1/s1. The van der Waals surface area contributed by atoms with Crippen molar-refractivity contribution in [2.24, 2.45) is 0 Å². The molecule has 23 heavy (non-hydrogen) atoms. The highest BCUT2D eigenvalue weighted by Gasteiger charge is 2.42. The van der Waals surface area contributed by atoms with Crippen LogP contribution in [0.4, 0.5) is 5.82 Å². The second kappa shape index (κ2) is 5.54. The summed E-state index contributed by atoms with van der Waals surface area (Å²) in [5.74, 6) is 0.900. The van der Waals surface area contributed by atoms with E-state index >= 15 is 0 Å². The smallest absolute Gasteiger partial charge is 0.237 e. The highest BCUT2D eigenvalue weighted by molar-refractivity contribution is 5.87. The number of hydrogen-bond donors (Lipinski definition) is 1. The van der Waals surface area contributed by atoms with Crippen molar-refractivity contribution in [1.82, 2.24) is 19.9 Å². The van der Waals surface area contributed by atoms with Gasteiger partial charge < -0.3 is 14.8 Å². The molecule has 4 heterocycles. The third-order valence-electron chi connectivity index (χ3n) is 4.97. The van der Waals surface area contributed by atoms with Crippen molar-refractivity contribution < 1.29 is 4.79 Å². The number of rotatable bonds is 2. The maximum absolute atomic E-state index is 12.2. The summed E-state index contributed by atoms with van der Waals surface area (Å²) in [6, 6.07) is 4.44. The van der Waals surface area contributed by atoms with Crippen LogP contribution in [0.3, 0.4) is 0 Å². The van der Waals surface area contributed by atoms with Gasteiger partial charge >= 0.3 is 0 Å². The van der Waals surface area contributed by atoms with E-state index in [9.17, 15) is 4.79 Å². The maximum Gasteiger partial charge on any atom is 0.237 e. The molecule has 0 aliphatic carbocycles. The minimum absolute atomic E-state index is 0.0290. The number of anilines is 1. The van der Waals surface area contributed by atoms with Gasteiger partial charge in [0.25, 0.3) is 0 Å². The van der Waals surface area contributed by atoms with E-state index < -0.39 is 0 Å². The zero-order valence-corrected chi connectivity index (χ0v) is 12.8. The van der Waals surface area contributed by atoms with Crippen LogP contribution in [0.15, 0.2) is 18.6 Å². The van der Waals surface area contributed by atoms with Crippen molar-refractivity contribution in [2.45, 2.75) is 37.8 Å². The van der Waals surface area contributed by atoms with Crippen LogP contribution in [0, 0.1) is 11.3 Å². The number of nitrogens with one attached hydrogen (secondary N) is 1. The highest BCUT2D eigenvalue weighted by atomic mass is 16.2. The number of carbonyl (C=O) groups is 1. The second-order valence-electron chi connectivity index (χ2n) is 6.12. The maximum atomic E-state index is 12.2. The monoisotopic (exact) mass is 310 g/mol. The van der Waals surface area contributed by atoms with Gasteiger partial charge in [-0.25, -0.2) is 9.97 Å². The van der Waals surface area contributed by atoms with Crippen LogP contribution in [0.1, 0.15) is 25.7 Å². The van der Waals surface area contributed by atoms with Crippen LogP contribution in [0.2, 0.25) is 0 Å². The molecule has 1 N–H and O–H groups in total. The van der Waals surface area contributed by atoms with Gasteiger partial charge in [0, 0.05) is 19.3 Å². The molecule has 0 bridgehead atoms. The van der Waals surface area contributed by atoms with Gasteiger partial charge in [0.1, 0.15) is 24.2 Å². The molecule has 2 fully saturated rings. The molecule has 0 unspecified atom stereocenters. The molecule has 2 aromatic heterocycles. The van der Waals surface area contributed by atoms with E-state index in [-0.39, 0.29) is 24.4 Å². The van der Waals surface area contributed by atoms with E-state index in [1.54, 1.807) is 6.33 Å². The first-order valence-corrected chi connectivity index (χ1v) is 8.01. The van der Waals surface area contributed by atoms with Crippen LogP contribution in [0.5, 0.6) is 0 Å². The SMILES string of the molecule is N#CCC(=O)N1CCC[C@@H]2[C@H]1CCN2c1ncnc2[nH]ccc12. The predicted octanol–water partition coefficient (Wildman–Crippen LogP) is 1.44. The number of H-pyrrole nitrogens is 1. The number of nitriles is 1. The number of nitrogens with zero attached hydrogens (tertiary/aromatic N) is 5. The van der Waals surface area contributed by atoms with Crippen LogP contribution in [-0.4, -0.2) is 50.9 Å². The summed E-state index contributed by atoms with van der Waals surface area (Å²) < 4.78 is 0. The number of amides is 1. The van der Waals surface area contributed by atoms with Gasteiger partial charge in [0.15, 0.2) is 0 Å². The topological polar surface area (TPSA) is 88.9 Å². The molecule has 0 spiro atoms. The molecule has 0 radical (unpaired) electrons. The number of aromatic nitrogens is 3. The number of likely N-dealkylation sites (tertiary alicyclic amines) is 1. The summed E-state index contributed by atoms with van der Waals surface area (Å²) in [5.41, 5.74) is 0.840. The predicted molar refractivity (Wildman–Crippen MR) is 84.6 cm³/mol. The molecule has 4 rings (SSSR count). The van der Waals surface area contributed by atoms with Gasteiger partial charge in [-0.1, -0.05) is 0 Å². The average molecular weight is 310 g/mol. The zero-order valence-electron chi connectivity index (χ0n) is 12.8. The van der Waals surface area contributed by atoms with E-state index in [4.69, 9.17) is 5.26 Å². The molecule has 2 aliphatic rings. The quantitative estimate of drug-likeness (QED) is 0.906. The van der Waals surface area contributed by atoms with Gasteiger partial charge in [0.2, 0.25) is 5.91 Å². The molecule has 2 saturated heterocycles. The minimum atomic E-state index is -0.0430. The Bertz CT molecular complexity index is 778. The Hall–Kier alpha value is -2.62. The van der Waals surface area contributed by atoms with Crippen LogP contribution in [0.25, 0.3) is 11.0 Å². The normalized spacial score (nSPS) is 23.8. The van der Waals surface area contributed by atoms with Gasteiger partial charge in [-0.05, 0) is 25.3 Å². The van der Waals surface area contributed by atoms with Gasteiger partial charge in [-0.15, -0.1) is 0 Å². The fraction of sp³-hybridized carbons (Fsp3) is 0.500. The van der Waals surface area contributed by atoms with Crippen molar-refractivity contribution in [2.75, 3.05) is 18.0 Å². The van der Waals surface area contributed by atoms with Crippen molar-refractivity contribution in [3.63, 3.8) is 0 Å². The third-order valence-corrected chi connectivity index (χ3v) is 4.97. The van der Waals surface area contributed by atoms with E-state index in [1.165, 1.54) is 0 Å². The summed E-state index contributed by atoms with van der Waals surface area (Å²) >= 11 is 0. The summed E-state index contributed by atoms with van der Waals surface area (Å²) in [4.78, 5) is 28.3. The van der Waals surface area contributed by atoms with Gasteiger partial charge in [-0.3, -0.25) is 4.79 Å². The molecule has 1 amide bonds. The first-order chi connectivity index (χ1) is 11.3. The zero-order chi connectivity index (χ0) is 15.8. The van der Waals surface area contributed by atoms with Crippen LogP contribution in [-0.2, 0) is 4.79 Å². The molecule has 7 heteroatoms. The lowest BCUT2D eigenvalue weighted by Gasteiger charge is -2.40. The largest absolute Gasteiger partial charge is 0.351 e. The van der Waals surface area contributed by atoms with E-state index in [0.717, 1.165) is 49.2 Å². The lowest BCUT2D eigenvalue weighted by Crippen LogP contribution is -2.52. The lowest BCUT2D eigenvalue weighted by molar-refractivity contribution is -0.133. The van der Waals surface area contributed by atoms with E-state index in [1.807, 2.05) is 23.2 Å². The van der Waals surface area contributed by atoms with E-state index in [0.29, 0.717) is 0 Å². The number of carbonyl (C=O) groups excluding carboxylic acids is 1. The first-order valence-electron chi connectivity index (χ1n) is 8.01. The first kappa shape index (κ1) is 14.0. The molecule has 0 aromatic carbocycles. The average Bonchev–Trinajstić information content (AvgIpc) is 3.21. The summed E-state index contributed by atoms with van der Waals surface area (Å²) in [6.07, 6.45) is 6.38. The number of piperidine rings is 1. The summed E-state index contributed by atoms with van der Waals surface area (Å²) in [5, 5.41) is 9.83. The molecule has 0 saturated carbocycles. The van der Waals surface area contributed by atoms with Crippen molar-refractivity contribution in [3.8, 4) is 6.07 Å². The Balaban J connectivity index is 1.65. The summed E-state index contributed by atoms with van der Waals surface area (Å²) in [6.45, 7) is 1.64. The number of hydrogen-bond acceptors (Lipinski definition) is 5. The number of fused-ring (bicyclic) bond motifs is 2. The molecular weight excluding hydrogens is 292 g/mol. The molecule has 2 atom stereocenters. The molecule has 118 valence electrons. The Labute approximate surface area is 133 Å². The molecule has 2 aliphatic heterocycles. The Morgan fingerprint density at radius 3 is 3.13 bits per heavy atom. The third kappa shape index (κ3) is 2.22. The highest BCUT2D eigenvalue weighted by Crippen LogP contribution is 2.36. The fourth-order valence-electron chi connectivity index (χ4n) is 4.02. The second-order valence-corrected chi connectivity index (χ2v) is 6.12. The van der Waals surface area contributed by atoms with Crippen molar-refractivity contribution >= 4 is 22.8 Å². The molecular formula is C16H18N6O. The Kier molecular flexibility index (Phi) is 3.37. The van der Waals surface area contributed by atoms with Crippen molar-refractivity contribution in [3.05, 3.63) is 18.6 Å². The molecule has 2 aromatic rings. The Morgan fingerprint density at radius 2 is 2.26 bits per heavy atom. The number of aromatic amines is 1. The van der Waals surface area contributed by atoms with Crippen molar-refractivity contribution in [1.29, 1.82) is 5.26 Å². The van der Waals surface area contributed by atoms with Crippen LogP contribution >= 0.6 is 0 Å². The van der Waals surface area contributed by atoms with E-state index in [2.05, 4.69) is 19.9 Å². The van der Waals surface area contributed by atoms with Crippen LogP contribution < -0.4 is 4.90 Å². The fourth-order valence-corrected chi connectivity index (χ4v) is 4.02. The lowest BCUT2D eigenvalue weighted by atomic mass is 9.96. The van der Waals surface area contributed by atoms with Gasteiger partial charge in [0.05, 0.1) is 23.5 Å². The Morgan fingerprint density at radius 1 is 1.35 bits per heavy atom. The molecule has 7 nitrogen and oxygen atoms in total. The minimum Gasteiger partial charge on any atom is -0.351 e. The summed E-state index contributed by atoms with van der Waals surface area (Å²) in [7, 11) is 0.